The van der Waals surface area contributed by atoms with E-state index >= 15 is 0 Å². The number of phenols is 1. The van der Waals surface area contributed by atoms with Gasteiger partial charge >= 0.3 is 12.0 Å². The maximum Gasteiger partial charge on any atom is 0.335 e. The van der Waals surface area contributed by atoms with Gasteiger partial charge in [-0.2, -0.15) is 0 Å². The first-order valence-corrected chi connectivity index (χ1v) is 5.92. The third-order valence-electron chi connectivity index (χ3n) is 2.57. The van der Waals surface area contributed by atoms with Crippen LogP contribution in [-0.2, 0) is 6.54 Å². The van der Waals surface area contributed by atoms with Gasteiger partial charge in [0.05, 0.1) is 23.5 Å². The fourth-order valence-electron chi connectivity index (χ4n) is 1.53. The minimum absolute atomic E-state index is 0.0700. The Balaban J connectivity index is 1.95. The Morgan fingerprint density at radius 1 is 1.24 bits per heavy atom. The first kappa shape index (κ1) is 14.3. The Labute approximate surface area is 119 Å². The number of carboxylic acid groups (broad SMARTS) is 1. The van der Waals surface area contributed by atoms with Crippen molar-refractivity contribution in [2.45, 2.75) is 6.54 Å². The van der Waals surface area contributed by atoms with Crippen LogP contribution in [0.25, 0.3) is 0 Å². The van der Waals surface area contributed by atoms with Gasteiger partial charge in [-0.3, -0.25) is 0 Å². The van der Waals surface area contributed by atoms with E-state index in [0.717, 1.165) is 6.07 Å². The van der Waals surface area contributed by atoms with Crippen LogP contribution in [-0.4, -0.2) is 32.2 Å². The molecule has 2 aromatic rings. The van der Waals surface area contributed by atoms with Crippen molar-refractivity contribution in [1.82, 2.24) is 15.3 Å². The van der Waals surface area contributed by atoms with Crippen molar-refractivity contribution in [3.8, 4) is 5.75 Å². The number of hydrogen-bond donors (Lipinski definition) is 4. The van der Waals surface area contributed by atoms with E-state index in [1.165, 1.54) is 18.5 Å². The number of aromatic carboxylic acids is 1. The van der Waals surface area contributed by atoms with Crippen molar-refractivity contribution >= 4 is 17.7 Å². The smallest absolute Gasteiger partial charge is 0.335 e. The first-order chi connectivity index (χ1) is 10.1. The van der Waals surface area contributed by atoms with E-state index in [1.807, 2.05) is 0 Å². The molecule has 0 fully saturated rings. The number of benzene rings is 1. The van der Waals surface area contributed by atoms with Gasteiger partial charge in [0.2, 0.25) is 0 Å². The number of aromatic hydroxyl groups is 1. The molecule has 8 heteroatoms. The lowest BCUT2D eigenvalue weighted by molar-refractivity contribution is 0.0696. The predicted molar refractivity (Wildman–Crippen MR) is 73.0 cm³/mol. The van der Waals surface area contributed by atoms with Gasteiger partial charge in [0, 0.05) is 6.20 Å². The molecule has 4 N–H and O–H groups in total. The molecule has 1 aromatic carbocycles. The van der Waals surface area contributed by atoms with Crippen molar-refractivity contribution in [1.29, 1.82) is 0 Å². The molecule has 0 bridgehead atoms. The van der Waals surface area contributed by atoms with Crippen LogP contribution in [0.4, 0.5) is 10.5 Å². The van der Waals surface area contributed by atoms with E-state index in [1.54, 1.807) is 12.3 Å². The molecule has 0 aliphatic rings. The van der Waals surface area contributed by atoms with Crippen LogP contribution >= 0.6 is 0 Å². The number of carboxylic acids is 1. The number of phenolic OH excluding ortho intramolecular Hbond substituents is 1. The van der Waals surface area contributed by atoms with Gasteiger partial charge in [-0.25, -0.2) is 19.6 Å². The maximum absolute atomic E-state index is 11.7. The summed E-state index contributed by atoms with van der Waals surface area (Å²) in [6.07, 6.45) is 2.92. The zero-order valence-electron chi connectivity index (χ0n) is 10.8. The number of anilines is 1. The van der Waals surface area contributed by atoms with E-state index in [4.69, 9.17) is 5.11 Å². The van der Waals surface area contributed by atoms with Crippen molar-refractivity contribution in [3.63, 3.8) is 0 Å². The Morgan fingerprint density at radius 2 is 2.05 bits per heavy atom. The minimum atomic E-state index is -1.16. The molecule has 0 saturated carbocycles. The van der Waals surface area contributed by atoms with Gasteiger partial charge in [0.25, 0.3) is 0 Å². The lowest BCUT2D eigenvalue weighted by atomic mass is 10.2. The number of carbonyl (C=O) groups is 2. The number of hydrogen-bond acceptors (Lipinski definition) is 5. The Kier molecular flexibility index (Phi) is 4.30. The number of amides is 2. The lowest BCUT2D eigenvalue weighted by Gasteiger charge is -2.09. The summed E-state index contributed by atoms with van der Waals surface area (Å²) in [6, 6.07) is 4.75. The molecule has 0 aliphatic carbocycles. The molecular formula is C13H12N4O4. The molecular weight excluding hydrogens is 276 g/mol. The zero-order valence-corrected chi connectivity index (χ0v) is 10.8. The number of nitrogens with zero attached hydrogens (tertiary/aromatic N) is 2. The normalized spacial score (nSPS) is 9.90. The summed E-state index contributed by atoms with van der Waals surface area (Å²) in [5.74, 6) is -1.49. The summed E-state index contributed by atoms with van der Waals surface area (Å²) in [4.78, 5) is 30.1. The number of rotatable bonds is 4. The monoisotopic (exact) mass is 288 g/mol. The van der Waals surface area contributed by atoms with E-state index < -0.39 is 12.0 Å². The number of nitrogens with one attached hydrogen (secondary N) is 2. The molecule has 2 amide bonds. The van der Waals surface area contributed by atoms with Crippen LogP contribution in [0.2, 0.25) is 0 Å². The van der Waals surface area contributed by atoms with Crippen molar-refractivity contribution in [2.75, 3.05) is 5.32 Å². The molecule has 0 radical (unpaired) electrons. The molecule has 0 saturated heterocycles. The van der Waals surface area contributed by atoms with Crippen LogP contribution in [0.3, 0.4) is 0 Å². The number of aromatic nitrogens is 2. The quantitative estimate of drug-likeness (QED) is 0.627. The molecule has 0 atom stereocenters. The summed E-state index contributed by atoms with van der Waals surface area (Å²) in [6.45, 7) is 0.197. The molecule has 1 aromatic heterocycles. The van der Waals surface area contributed by atoms with Gasteiger partial charge < -0.3 is 20.8 Å². The topological polar surface area (TPSA) is 124 Å². The SMILES string of the molecule is O=C(NCc1ccncn1)Nc1ccc(C(=O)O)cc1O. The molecule has 0 unspecified atom stereocenters. The molecule has 21 heavy (non-hydrogen) atoms. The van der Waals surface area contributed by atoms with E-state index in [2.05, 4.69) is 20.6 Å². The van der Waals surface area contributed by atoms with Crippen LogP contribution in [0.5, 0.6) is 5.75 Å². The second-order valence-electron chi connectivity index (χ2n) is 4.05. The van der Waals surface area contributed by atoms with Crippen LogP contribution < -0.4 is 10.6 Å². The number of urea groups is 1. The minimum Gasteiger partial charge on any atom is -0.506 e. The highest BCUT2D eigenvalue weighted by Crippen LogP contribution is 2.24. The summed E-state index contributed by atoms with van der Waals surface area (Å²) < 4.78 is 0. The van der Waals surface area contributed by atoms with E-state index in [0.29, 0.717) is 5.69 Å². The van der Waals surface area contributed by atoms with Gasteiger partial charge in [0.15, 0.2) is 0 Å². The summed E-state index contributed by atoms with van der Waals surface area (Å²) in [7, 11) is 0. The standard InChI is InChI=1S/C13H12N4O4/c18-11-5-8(12(19)20)1-2-10(11)17-13(21)15-6-9-3-4-14-7-16-9/h1-5,7,18H,6H2,(H,19,20)(H2,15,17,21). The average Bonchev–Trinajstić information content (AvgIpc) is 2.48. The van der Waals surface area contributed by atoms with Crippen molar-refractivity contribution < 1.29 is 19.8 Å². The molecule has 2 rings (SSSR count). The Hall–Kier alpha value is -3.16. The second kappa shape index (κ2) is 6.33. The van der Waals surface area contributed by atoms with Gasteiger partial charge in [-0.05, 0) is 24.3 Å². The summed E-state index contributed by atoms with van der Waals surface area (Å²) in [5.41, 5.74) is 0.672. The fraction of sp³-hybridized carbons (Fsp3) is 0.0769. The van der Waals surface area contributed by atoms with Crippen molar-refractivity contribution in [2.24, 2.45) is 0 Å². The highest BCUT2D eigenvalue weighted by atomic mass is 16.4. The third-order valence-corrected chi connectivity index (χ3v) is 2.57. The fourth-order valence-corrected chi connectivity index (χ4v) is 1.53. The molecule has 0 aliphatic heterocycles. The summed E-state index contributed by atoms with van der Waals surface area (Å²) >= 11 is 0. The van der Waals surface area contributed by atoms with E-state index in [-0.39, 0.29) is 23.5 Å². The Morgan fingerprint density at radius 3 is 2.67 bits per heavy atom. The van der Waals surface area contributed by atoms with Crippen LogP contribution in [0, 0.1) is 0 Å². The molecule has 0 spiro atoms. The molecule has 108 valence electrons. The highest BCUT2D eigenvalue weighted by molar-refractivity contribution is 5.93. The van der Waals surface area contributed by atoms with Crippen LogP contribution in [0.15, 0.2) is 36.8 Å². The predicted octanol–water partition coefficient (Wildman–Crippen LogP) is 1.20. The second-order valence-corrected chi connectivity index (χ2v) is 4.05. The Bertz CT molecular complexity index is 660. The van der Waals surface area contributed by atoms with Gasteiger partial charge in [0.1, 0.15) is 12.1 Å². The highest BCUT2D eigenvalue weighted by Gasteiger charge is 2.10. The summed E-state index contributed by atoms with van der Waals surface area (Å²) in [5, 5.41) is 23.4. The average molecular weight is 288 g/mol. The zero-order chi connectivity index (χ0) is 15.2. The van der Waals surface area contributed by atoms with Gasteiger partial charge in [-0.15, -0.1) is 0 Å². The lowest BCUT2D eigenvalue weighted by Crippen LogP contribution is -2.28. The maximum atomic E-state index is 11.7. The molecule has 8 nitrogen and oxygen atoms in total. The van der Waals surface area contributed by atoms with Gasteiger partial charge in [-0.1, -0.05) is 0 Å². The number of carbonyl (C=O) groups excluding carboxylic acids is 1. The van der Waals surface area contributed by atoms with Crippen LogP contribution in [0.1, 0.15) is 16.1 Å². The third kappa shape index (κ3) is 3.90. The van der Waals surface area contributed by atoms with Crippen molar-refractivity contribution in [3.05, 3.63) is 48.0 Å². The first-order valence-electron chi connectivity index (χ1n) is 5.92. The molecule has 1 heterocycles. The largest absolute Gasteiger partial charge is 0.506 e. The van der Waals surface area contributed by atoms with E-state index in [9.17, 15) is 14.7 Å².